The molecule has 0 aliphatic rings. The Morgan fingerprint density at radius 2 is 2.21 bits per heavy atom. The molecule has 1 aromatic carbocycles. The lowest BCUT2D eigenvalue weighted by Crippen LogP contribution is -2.30. The van der Waals surface area contributed by atoms with Gasteiger partial charge in [-0.3, -0.25) is 0 Å². The number of benzene rings is 1. The summed E-state index contributed by atoms with van der Waals surface area (Å²) in [4.78, 5) is 4.06. The van der Waals surface area contributed by atoms with Crippen LogP contribution in [-0.4, -0.2) is 22.2 Å². The van der Waals surface area contributed by atoms with E-state index >= 15 is 0 Å². The predicted molar refractivity (Wildman–Crippen MR) is 51.7 cm³/mol. The second kappa shape index (κ2) is 3.41. The fourth-order valence-electron chi connectivity index (χ4n) is 1.31. The average Bonchev–Trinajstić information content (AvgIpc) is 2.59. The Morgan fingerprint density at radius 3 is 2.86 bits per heavy atom. The van der Waals surface area contributed by atoms with Crippen LogP contribution in [0.4, 0.5) is 0 Å². The van der Waals surface area contributed by atoms with E-state index in [0.29, 0.717) is 22.5 Å². The summed E-state index contributed by atoms with van der Waals surface area (Å²) in [5.74, 6) is 0.383. The quantitative estimate of drug-likeness (QED) is 0.528. The van der Waals surface area contributed by atoms with Gasteiger partial charge in [-0.1, -0.05) is 12.1 Å². The number of rotatable bonds is 2. The third kappa shape index (κ3) is 1.39. The van der Waals surface area contributed by atoms with E-state index in [-0.39, 0.29) is 6.54 Å². The molecule has 0 unspecified atom stereocenters. The molecule has 0 radical (unpaired) electrons. The highest BCUT2D eigenvalue weighted by molar-refractivity contribution is 6.61. The summed E-state index contributed by atoms with van der Waals surface area (Å²) in [6.45, 7) is 0.190. The van der Waals surface area contributed by atoms with Gasteiger partial charge in [0.1, 0.15) is 5.52 Å². The standard InChI is InChI=1S/C8H9BN2O3/c10-4-7-11-6-3-1-2-5(9(12)13)8(6)14-7/h1-3,12-13H,4,10H2. The fraction of sp³-hybridized carbons (Fsp3) is 0.125. The molecule has 0 aliphatic heterocycles. The Labute approximate surface area is 80.3 Å². The largest absolute Gasteiger partial charge is 0.492 e. The van der Waals surface area contributed by atoms with Crippen molar-refractivity contribution in [3.05, 3.63) is 24.1 Å². The third-order valence-corrected chi connectivity index (χ3v) is 1.94. The van der Waals surface area contributed by atoms with Crippen molar-refractivity contribution >= 4 is 23.7 Å². The van der Waals surface area contributed by atoms with E-state index in [1.54, 1.807) is 18.2 Å². The molecule has 0 spiro atoms. The van der Waals surface area contributed by atoms with Gasteiger partial charge in [-0.2, -0.15) is 0 Å². The Kier molecular flexibility index (Phi) is 2.24. The first-order valence-corrected chi connectivity index (χ1v) is 4.17. The van der Waals surface area contributed by atoms with Crippen LogP contribution in [0.25, 0.3) is 11.1 Å². The topological polar surface area (TPSA) is 92.5 Å². The second-order valence-electron chi connectivity index (χ2n) is 2.88. The van der Waals surface area contributed by atoms with E-state index < -0.39 is 7.12 Å². The molecule has 1 heterocycles. The summed E-state index contributed by atoms with van der Waals surface area (Å²) in [6, 6.07) is 4.97. The summed E-state index contributed by atoms with van der Waals surface area (Å²) >= 11 is 0. The number of hydrogen-bond donors (Lipinski definition) is 3. The van der Waals surface area contributed by atoms with Crippen LogP contribution < -0.4 is 11.2 Å². The average molecular weight is 192 g/mol. The SMILES string of the molecule is NCc1nc2cccc(B(O)O)c2o1. The van der Waals surface area contributed by atoms with Gasteiger partial charge in [0.15, 0.2) is 5.58 Å². The summed E-state index contributed by atoms with van der Waals surface area (Å²) in [5, 5.41) is 18.1. The van der Waals surface area contributed by atoms with E-state index in [9.17, 15) is 0 Å². The predicted octanol–water partition coefficient (Wildman–Crippen LogP) is -1.03. The Hall–Kier alpha value is -1.37. The number of oxazole rings is 1. The fourth-order valence-corrected chi connectivity index (χ4v) is 1.31. The van der Waals surface area contributed by atoms with Crippen molar-refractivity contribution in [1.82, 2.24) is 4.98 Å². The summed E-state index contributed by atoms with van der Waals surface area (Å²) in [7, 11) is -1.56. The van der Waals surface area contributed by atoms with Crippen LogP contribution in [0.2, 0.25) is 0 Å². The molecule has 4 N–H and O–H groups in total. The first-order chi connectivity index (χ1) is 6.72. The van der Waals surface area contributed by atoms with Crippen molar-refractivity contribution in [2.45, 2.75) is 6.54 Å². The third-order valence-electron chi connectivity index (χ3n) is 1.94. The lowest BCUT2D eigenvalue weighted by atomic mass is 9.80. The number of hydrogen-bond acceptors (Lipinski definition) is 5. The highest BCUT2D eigenvalue weighted by Gasteiger charge is 2.18. The molecule has 0 saturated heterocycles. The molecule has 5 nitrogen and oxygen atoms in total. The lowest BCUT2D eigenvalue weighted by Gasteiger charge is -1.97. The van der Waals surface area contributed by atoms with Crippen LogP contribution in [-0.2, 0) is 6.54 Å². The van der Waals surface area contributed by atoms with Gasteiger partial charge in [-0.15, -0.1) is 0 Å². The maximum atomic E-state index is 9.04. The van der Waals surface area contributed by atoms with E-state index in [0.717, 1.165) is 0 Å². The molecule has 0 amide bonds. The summed E-state index contributed by atoms with van der Waals surface area (Å²) < 4.78 is 5.25. The van der Waals surface area contributed by atoms with E-state index in [1.807, 2.05) is 0 Å². The monoisotopic (exact) mass is 192 g/mol. The molecule has 2 rings (SSSR count). The maximum absolute atomic E-state index is 9.04. The van der Waals surface area contributed by atoms with E-state index in [2.05, 4.69) is 4.98 Å². The molecule has 0 atom stereocenters. The van der Waals surface area contributed by atoms with Crippen molar-refractivity contribution in [2.24, 2.45) is 5.73 Å². The van der Waals surface area contributed by atoms with Gasteiger partial charge < -0.3 is 20.2 Å². The van der Waals surface area contributed by atoms with Crippen LogP contribution in [0.3, 0.4) is 0 Å². The zero-order valence-electron chi connectivity index (χ0n) is 7.34. The van der Waals surface area contributed by atoms with Gasteiger partial charge in [0.2, 0.25) is 5.89 Å². The van der Waals surface area contributed by atoms with Gasteiger partial charge in [-0.05, 0) is 6.07 Å². The van der Waals surface area contributed by atoms with Crippen LogP contribution in [0, 0.1) is 0 Å². The molecule has 0 aliphatic carbocycles. The van der Waals surface area contributed by atoms with Crippen LogP contribution >= 0.6 is 0 Å². The number of para-hydroxylation sites is 1. The van der Waals surface area contributed by atoms with Gasteiger partial charge in [0, 0.05) is 5.46 Å². The van der Waals surface area contributed by atoms with Crippen molar-refractivity contribution in [1.29, 1.82) is 0 Å². The van der Waals surface area contributed by atoms with E-state index in [1.165, 1.54) is 0 Å². The summed E-state index contributed by atoms with van der Waals surface area (Å²) in [5.41, 5.74) is 6.62. The molecular formula is C8H9BN2O3. The molecule has 0 saturated carbocycles. The lowest BCUT2D eigenvalue weighted by molar-refractivity contribution is 0.425. The zero-order chi connectivity index (χ0) is 10.1. The smallest absolute Gasteiger partial charge is 0.440 e. The van der Waals surface area contributed by atoms with Gasteiger partial charge in [0.05, 0.1) is 6.54 Å². The first-order valence-electron chi connectivity index (χ1n) is 4.17. The maximum Gasteiger partial charge on any atom is 0.492 e. The van der Waals surface area contributed by atoms with Crippen molar-refractivity contribution in [3.8, 4) is 0 Å². The second-order valence-corrected chi connectivity index (χ2v) is 2.88. The van der Waals surface area contributed by atoms with Crippen molar-refractivity contribution < 1.29 is 14.5 Å². The van der Waals surface area contributed by atoms with Crippen LogP contribution in [0.15, 0.2) is 22.6 Å². The molecular weight excluding hydrogens is 183 g/mol. The van der Waals surface area contributed by atoms with Crippen LogP contribution in [0.5, 0.6) is 0 Å². The van der Waals surface area contributed by atoms with Crippen LogP contribution in [0.1, 0.15) is 5.89 Å². The number of aromatic nitrogens is 1. The van der Waals surface area contributed by atoms with Gasteiger partial charge in [0.25, 0.3) is 0 Å². The Balaban J connectivity index is 2.66. The molecule has 2 aromatic rings. The Bertz CT molecular complexity index is 455. The minimum absolute atomic E-state index is 0.190. The van der Waals surface area contributed by atoms with E-state index in [4.69, 9.17) is 20.2 Å². The highest BCUT2D eigenvalue weighted by Crippen LogP contribution is 2.12. The molecule has 72 valence electrons. The summed E-state index contributed by atoms with van der Waals surface area (Å²) in [6.07, 6.45) is 0. The van der Waals surface area contributed by atoms with Crippen molar-refractivity contribution in [2.75, 3.05) is 0 Å². The Morgan fingerprint density at radius 1 is 1.43 bits per heavy atom. The molecule has 0 bridgehead atoms. The minimum atomic E-state index is -1.56. The zero-order valence-corrected chi connectivity index (χ0v) is 7.34. The van der Waals surface area contributed by atoms with Crippen molar-refractivity contribution in [3.63, 3.8) is 0 Å². The first kappa shape index (κ1) is 9.20. The number of nitrogens with two attached hydrogens (primary N) is 1. The molecule has 1 aromatic heterocycles. The number of fused-ring (bicyclic) bond motifs is 1. The van der Waals surface area contributed by atoms with Gasteiger partial charge in [-0.25, -0.2) is 4.98 Å². The number of nitrogens with zero attached hydrogens (tertiary/aromatic N) is 1. The molecule has 6 heteroatoms. The molecule has 14 heavy (non-hydrogen) atoms. The highest BCUT2D eigenvalue weighted by atomic mass is 16.4. The normalized spacial score (nSPS) is 10.8. The molecule has 0 fully saturated rings. The van der Waals surface area contributed by atoms with Gasteiger partial charge >= 0.3 is 7.12 Å². The minimum Gasteiger partial charge on any atom is -0.440 e.